The normalized spacial score (nSPS) is 8.00. The molecule has 0 saturated carbocycles. The van der Waals surface area contributed by atoms with Crippen LogP contribution in [-0.4, -0.2) is 33.8 Å². The molecule has 0 saturated heterocycles. The molecule has 11 heavy (non-hydrogen) atoms. The summed E-state index contributed by atoms with van der Waals surface area (Å²) in [5.41, 5.74) is 0. The molecule has 6 heteroatoms. The van der Waals surface area contributed by atoms with Gasteiger partial charge in [-0.15, -0.1) is 0 Å². The maximum Gasteiger partial charge on any atom is 0.380 e. The number of carboxylic acid groups (broad SMARTS) is 2. The van der Waals surface area contributed by atoms with E-state index >= 15 is 0 Å². The van der Waals surface area contributed by atoms with E-state index in [1.54, 1.807) is 5.02 Å². The van der Waals surface area contributed by atoms with Gasteiger partial charge in [0.1, 0.15) is 0 Å². The van der Waals surface area contributed by atoms with Crippen molar-refractivity contribution in [2.45, 2.75) is 0 Å². The van der Waals surface area contributed by atoms with Crippen molar-refractivity contribution in [2.75, 3.05) is 6.61 Å². The Morgan fingerprint density at radius 1 is 1.45 bits per heavy atom. The van der Waals surface area contributed by atoms with Crippen molar-refractivity contribution in [3.05, 3.63) is 5.76 Å². The van der Waals surface area contributed by atoms with Crippen LogP contribution in [0.25, 0.3) is 0 Å². The number of aliphatic carboxylic acids is 2. The molecule has 0 aliphatic heterocycles. The van der Waals surface area contributed by atoms with E-state index in [2.05, 4.69) is 17.0 Å². The minimum atomic E-state index is -1.43. The van der Waals surface area contributed by atoms with Gasteiger partial charge in [-0.3, -0.25) is 0 Å². The van der Waals surface area contributed by atoms with Crippen LogP contribution >= 0.6 is 12.2 Å². The van der Waals surface area contributed by atoms with Crippen molar-refractivity contribution < 1.29 is 24.5 Å². The van der Waals surface area contributed by atoms with Crippen LogP contribution in [-0.2, 0) is 14.3 Å². The van der Waals surface area contributed by atoms with E-state index in [0.29, 0.717) is 0 Å². The second-order valence-electron chi connectivity index (χ2n) is 1.42. The lowest BCUT2D eigenvalue weighted by Gasteiger charge is -1.98. The second kappa shape index (κ2) is 4.43. The summed E-state index contributed by atoms with van der Waals surface area (Å²) < 4.78 is 4.22. The first-order chi connectivity index (χ1) is 5.07. The molecule has 2 N–H and O–H groups in total. The van der Waals surface area contributed by atoms with Gasteiger partial charge in [0.05, 0.1) is 0 Å². The van der Waals surface area contributed by atoms with Crippen molar-refractivity contribution in [1.82, 2.24) is 0 Å². The summed E-state index contributed by atoms with van der Waals surface area (Å²) in [7, 11) is 0. The molecule has 0 aromatic rings. The van der Waals surface area contributed by atoms with Gasteiger partial charge in [-0.25, -0.2) is 9.59 Å². The predicted octanol–water partition coefficient (Wildman–Crippen LogP) is -0.345. The molecule has 0 heterocycles. The molecule has 0 radical (unpaired) electrons. The van der Waals surface area contributed by atoms with Crippen LogP contribution in [0.15, 0.2) is 5.76 Å². The highest BCUT2D eigenvalue weighted by atomic mass is 32.1. The van der Waals surface area contributed by atoms with E-state index < -0.39 is 24.3 Å². The van der Waals surface area contributed by atoms with E-state index in [1.807, 2.05) is 0 Å². The van der Waals surface area contributed by atoms with Gasteiger partial charge in [-0.1, -0.05) is 0 Å². The fourth-order valence-corrected chi connectivity index (χ4v) is 0.415. The average molecular weight is 176 g/mol. The average Bonchev–Trinajstić information content (AvgIpc) is 1.87. The molecule has 0 bridgehead atoms. The maximum absolute atomic E-state index is 10.1. The van der Waals surface area contributed by atoms with Crippen molar-refractivity contribution in [1.29, 1.82) is 0 Å². The molecule has 0 unspecified atom stereocenters. The van der Waals surface area contributed by atoms with E-state index in [-0.39, 0.29) is 0 Å². The predicted molar refractivity (Wildman–Crippen MR) is 37.3 cm³/mol. The summed E-state index contributed by atoms with van der Waals surface area (Å²) in [6.45, 7) is -0.731. The molecule has 5 nitrogen and oxygen atoms in total. The Labute approximate surface area is 66.9 Å². The van der Waals surface area contributed by atoms with E-state index in [4.69, 9.17) is 10.2 Å². The Balaban J connectivity index is 4.03. The number of carbonyl (C=O) groups is 2. The van der Waals surface area contributed by atoms with Crippen LogP contribution in [0.3, 0.4) is 0 Å². The molecule has 60 valence electrons. The van der Waals surface area contributed by atoms with Crippen molar-refractivity contribution in [3.8, 4) is 0 Å². The number of rotatable bonds is 4. The zero-order valence-electron chi connectivity index (χ0n) is 5.23. The Bertz CT molecular complexity index is 227. The highest BCUT2D eigenvalue weighted by molar-refractivity contribution is 7.78. The molecule has 0 aliphatic rings. The van der Waals surface area contributed by atoms with Crippen LogP contribution in [0.1, 0.15) is 0 Å². The minimum Gasteiger partial charge on any atom is -0.479 e. The zero-order valence-corrected chi connectivity index (χ0v) is 6.05. The number of hydrogen-bond acceptors (Lipinski definition) is 4. The Morgan fingerprint density at radius 2 is 2.00 bits per heavy atom. The monoisotopic (exact) mass is 176 g/mol. The molecule has 0 aromatic heterocycles. The molecule has 0 fully saturated rings. The van der Waals surface area contributed by atoms with Gasteiger partial charge in [0.15, 0.2) is 6.61 Å². The van der Waals surface area contributed by atoms with Gasteiger partial charge in [-0.05, 0) is 12.2 Å². The van der Waals surface area contributed by atoms with Crippen molar-refractivity contribution >= 4 is 29.2 Å². The van der Waals surface area contributed by atoms with Gasteiger partial charge in [0, 0.05) is 5.02 Å². The SMILES string of the molecule is O=C(O)COC(=C=S)C(=O)O. The summed E-state index contributed by atoms with van der Waals surface area (Å²) in [6, 6.07) is 0. The van der Waals surface area contributed by atoms with Gasteiger partial charge in [0.25, 0.3) is 5.76 Å². The fraction of sp³-hybridized carbons (Fsp3) is 0.200. The molecule has 0 rings (SSSR count). The molecular weight excluding hydrogens is 172 g/mol. The van der Waals surface area contributed by atoms with Gasteiger partial charge < -0.3 is 14.9 Å². The van der Waals surface area contributed by atoms with Crippen LogP contribution in [0.4, 0.5) is 0 Å². The van der Waals surface area contributed by atoms with Crippen LogP contribution < -0.4 is 0 Å². The van der Waals surface area contributed by atoms with Gasteiger partial charge in [-0.2, -0.15) is 0 Å². The van der Waals surface area contributed by atoms with Gasteiger partial charge in [0.2, 0.25) is 0 Å². The number of hydrogen-bond donors (Lipinski definition) is 2. The fourth-order valence-electron chi connectivity index (χ4n) is 0.269. The first-order valence-electron chi connectivity index (χ1n) is 2.41. The first kappa shape index (κ1) is 9.61. The Morgan fingerprint density at radius 3 is 2.27 bits per heavy atom. The van der Waals surface area contributed by atoms with Crippen LogP contribution in [0.5, 0.6) is 0 Å². The third-order valence-electron chi connectivity index (χ3n) is 0.627. The molecular formula is C5H4O5S. The van der Waals surface area contributed by atoms with Gasteiger partial charge >= 0.3 is 11.9 Å². The van der Waals surface area contributed by atoms with Crippen molar-refractivity contribution in [3.63, 3.8) is 0 Å². The van der Waals surface area contributed by atoms with E-state index in [1.165, 1.54) is 0 Å². The lowest BCUT2D eigenvalue weighted by Crippen LogP contribution is -2.12. The molecule has 0 aliphatic carbocycles. The maximum atomic E-state index is 10.1. The summed E-state index contributed by atoms with van der Waals surface area (Å²) in [5.74, 6) is -3.36. The second-order valence-corrected chi connectivity index (χ2v) is 1.62. The Hall–Kier alpha value is -1.39. The third kappa shape index (κ3) is 4.07. The number of ether oxygens (including phenoxy) is 1. The Kier molecular flexibility index (Phi) is 3.87. The lowest BCUT2D eigenvalue weighted by molar-refractivity contribution is -0.143. The lowest BCUT2D eigenvalue weighted by atomic mass is 10.6. The summed E-state index contributed by atoms with van der Waals surface area (Å²) in [5, 5.41) is 18.0. The summed E-state index contributed by atoms with van der Waals surface area (Å²) in [4.78, 5) is 19.9. The highest BCUT2D eigenvalue weighted by Crippen LogP contribution is 1.91. The van der Waals surface area contributed by atoms with Crippen molar-refractivity contribution in [2.24, 2.45) is 0 Å². The third-order valence-corrected chi connectivity index (χ3v) is 0.812. The number of thiocarbonyl (C=S) groups is 1. The molecule has 0 amide bonds. The standard InChI is InChI=1S/C5H4O5S/c6-4(7)1-10-3(2-11)5(8)9/h1H2,(H,6,7)(H,8,9). The topological polar surface area (TPSA) is 83.8 Å². The number of carboxylic acids is 2. The molecule has 0 aromatic carbocycles. The smallest absolute Gasteiger partial charge is 0.380 e. The molecule has 0 spiro atoms. The summed E-state index contributed by atoms with van der Waals surface area (Å²) in [6.07, 6.45) is 0. The van der Waals surface area contributed by atoms with E-state index in [0.717, 1.165) is 0 Å². The van der Waals surface area contributed by atoms with Crippen LogP contribution in [0.2, 0.25) is 0 Å². The first-order valence-corrected chi connectivity index (χ1v) is 2.81. The van der Waals surface area contributed by atoms with E-state index in [9.17, 15) is 9.59 Å². The minimum absolute atomic E-state index is 0.664. The summed E-state index contributed by atoms with van der Waals surface area (Å²) >= 11 is 4.12. The quantitative estimate of drug-likeness (QED) is 0.346. The molecule has 0 atom stereocenters. The zero-order chi connectivity index (χ0) is 8.85. The largest absolute Gasteiger partial charge is 0.479 e. The van der Waals surface area contributed by atoms with Crippen LogP contribution in [0, 0.1) is 0 Å². The highest BCUT2D eigenvalue weighted by Gasteiger charge is 2.09.